The van der Waals surface area contributed by atoms with Gasteiger partial charge in [-0.1, -0.05) is 32.6 Å². The molecule has 112 valence electrons. The van der Waals surface area contributed by atoms with Crippen LogP contribution in [0.15, 0.2) is 0 Å². The van der Waals surface area contributed by atoms with Gasteiger partial charge in [-0.25, -0.2) is 4.68 Å². The third-order valence-corrected chi connectivity index (χ3v) is 4.29. The Morgan fingerprint density at radius 3 is 2.65 bits per heavy atom. The van der Waals surface area contributed by atoms with Crippen molar-refractivity contribution in [1.82, 2.24) is 19.3 Å². The van der Waals surface area contributed by atoms with Gasteiger partial charge in [-0.05, 0) is 39.4 Å². The second-order valence-corrected chi connectivity index (χ2v) is 5.98. The van der Waals surface area contributed by atoms with E-state index in [9.17, 15) is 0 Å². The number of hydrogen-bond acceptors (Lipinski definition) is 2. The number of hydrogen-bond donors (Lipinski definition) is 1. The minimum absolute atomic E-state index is 0.425. The molecule has 0 fully saturated rings. The summed E-state index contributed by atoms with van der Waals surface area (Å²) in [6.45, 7) is 9.54. The van der Waals surface area contributed by atoms with Crippen LogP contribution < -0.4 is 0 Å². The minimum atomic E-state index is 0.425. The van der Waals surface area contributed by atoms with Gasteiger partial charge in [-0.15, -0.1) is 0 Å². The largest absolute Gasteiger partial charge is 0.328 e. The highest BCUT2D eigenvalue weighted by molar-refractivity contribution is 7.71. The van der Waals surface area contributed by atoms with Gasteiger partial charge in [0.05, 0.1) is 5.69 Å². The van der Waals surface area contributed by atoms with E-state index >= 15 is 0 Å². The molecule has 0 aliphatic carbocycles. The van der Waals surface area contributed by atoms with Crippen LogP contribution in [0.1, 0.15) is 64.6 Å². The van der Waals surface area contributed by atoms with E-state index in [2.05, 4.69) is 40.1 Å². The fourth-order valence-corrected chi connectivity index (χ4v) is 3.22. The molecule has 20 heavy (non-hydrogen) atoms. The van der Waals surface area contributed by atoms with Gasteiger partial charge in [-0.3, -0.25) is 4.57 Å². The molecular formula is C15H26N4S. The monoisotopic (exact) mass is 294 g/mol. The van der Waals surface area contributed by atoms with E-state index < -0.39 is 0 Å². The van der Waals surface area contributed by atoms with Crippen LogP contribution in [0, 0.1) is 11.7 Å². The maximum atomic E-state index is 5.52. The number of nitrogens with zero attached hydrogens (tertiary/aromatic N) is 3. The molecule has 0 amide bonds. The third-order valence-electron chi connectivity index (χ3n) is 4.00. The molecular weight excluding hydrogens is 268 g/mol. The summed E-state index contributed by atoms with van der Waals surface area (Å²) in [5, 5.41) is 4.58. The van der Waals surface area contributed by atoms with Gasteiger partial charge in [0.1, 0.15) is 5.52 Å². The molecule has 0 aromatic carbocycles. The number of fused-ring (bicyclic) bond motifs is 1. The van der Waals surface area contributed by atoms with Crippen molar-refractivity contribution < 1.29 is 0 Å². The Morgan fingerprint density at radius 2 is 2.00 bits per heavy atom. The number of aryl methyl sites for hydroxylation is 2. The first-order valence-electron chi connectivity index (χ1n) is 7.77. The third kappa shape index (κ3) is 2.82. The topological polar surface area (TPSA) is 38.5 Å². The Morgan fingerprint density at radius 1 is 1.25 bits per heavy atom. The Kier molecular flexibility index (Phi) is 5.02. The fraction of sp³-hybridized carbons (Fsp3) is 0.733. The van der Waals surface area contributed by atoms with Crippen LogP contribution in [-0.2, 0) is 6.54 Å². The molecule has 5 heteroatoms. The SMILES string of the molecule is CCCCCCC(C)n1c(=S)[nH]c2c(C)nn(CC)c21. The first kappa shape index (κ1) is 15.3. The second-order valence-electron chi connectivity index (χ2n) is 5.60. The second kappa shape index (κ2) is 6.57. The summed E-state index contributed by atoms with van der Waals surface area (Å²) in [4.78, 5) is 3.33. The summed E-state index contributed by atoms with van der Waals surface area (Å²) in [5.74, 6) is 0. The van der Waals surface area contributed by atoms with Gasteiger partial charge in [0.2, 0.25) is 0 Å². The predicted molar refractivity (Wildman–Crippen MR) is 86.8 cm³/mol. The Bertz CT molecular complexity index is 620. The molecule has 0 spiro atoms. The maximum Gasteiger partial charge on any atom is 0.179 e. The molecule has 0 aliphatic heterocycles. The van der Waals surface area contributed by atoms with Crippen LogP contribution in [0.5, 0.6) is 0 Å². The Labute approximate surface area is 126 Å². The molecule has 0 bridgehead atoms. The number of aromatic nitrogens is 4. The van der Waals surface area contributed by atoms with E-state index in [0.29, 0.717) is 6.04 Å². The van der Waals surface area contributed by atoms with Crippen molar-refractivity contribution in [2.75, 3.05) is 0 Å². The number of nitrogens with one attached hydrogen (secondary N) is 1. The van der Waals surface area contributed by atoms with E-state index in [1.165, 1.54) is 32.1 Å². The van der Waals surface area contributed by atoms with Crippen molar-refractivity contribution in [3.63, 3.8) is 0 Å². The van der Waals surface area contributed by atoms with Crippen LogP contribution in [0.4, 0.5) is 0 Å². The zero-order valence-electron chi connectivity index (χ0n) is 13.1. The smallest absolute Gasteiger partial charge is 0.179 e. The van der Waals surface area contributed by atoms with Crippen molar-refractivity contribution in [2.24, 2.45) is 0 Å². The van der Waals surface area contributed by atoms with E-state index in [4.69, 9.17) is 12.2 Å². The van der Waals surface area contributed by atoms with E-state index in [1.807, 2.05) is 6.92 Å². The molecule has 0 saturated heterocycles. The maximum absolute atomic E-state index is 5.52. The minimum Gasteiger partial charge on any atom is -0.328 e. The average Bonchev–Trinajstić information content (AvgIpc) is 2.91. The van der Waals surface area contributed by atoms with Crippen molar-refractivity contribution in [3.05, 3.63) is 10.5 Å². The molecule has 1 atom stereocenters. The van der Waals surface area contributed by atoms with Gasteiger partial charge in [-0.2, -0.15) is 5.10 Å². The lowest BCUT2D eigenvalue weighted by Crippen LogP contribution is -2.09. The number of imidazole rings is 1. The lowest BCUT2D eigenvalue weighted by Gasteiger charge is -2.15. The van der Waals surface area contributed by atoms with Crippen molar-refractivity contribution >= 4 is 23.4 Å². The van der Waals surface area contributed by atoms with E-state index in [0.717, 1.165) is 28.2 Å². The first-order valence-corrected chi connectivity index (χ1v) is 8.18. The van der Waals surface area contributed by atoms with Crippen molar-refractivity contribution in [2.45, 2.75) is 72.4 Å². The van der Waals surface area contributed by atoms with E-state index in [-0.39, 0.29) is 0 Å². The number of unbranched alkanes of at least 4 members (excludes halogenated alkanes) is 3. The van der Waals surface area contributed by atoms with Crippen LogP contribution in [0.3, 0.4) is 0 Å². The standard InChI is InChI=1S/C15H26N4S/c1-5-7-8-9-10-11(3)19-14-13(16-15(19)20)12(4)17-18(14)6-2/h11H,5-10H2,1-4H3,(H,16,20). The van der Waals surface area contributed by atoms with Gasteiger partial charge >= 0.3 is 0 Å². The van der Waals surface area contributed by atoms with Gasteiger partial charge < -0.3 is 4.98 Å². The molecule has 1 unspecified atom stereocenters. The number of rotatable bonds is 7. The highest BCUT2D eigenvalue weighted by atomic mass is 32.1. The Balaban J connectivity index is 2.28. The Hall–Kier alpha value is -1.10. The van der Waals surface area contributed by atoms with Crippen molar-refractivity contribution in [3.8, 4) is 0 Å². The summed E-state index contributed by atoms with van der Waals surface area (Å²) in [5.41, 5.74) is 3.28. The molecule has 1 N–H and O–H groups in total. The van der Waals surface area contributed by atoms with Crippen LogP contribution in [0.25, 0.3) is 11.2 Å². The van der Waals surface area contributed by atoms with Gasteiger partial charge in [0.15, 0.2) is 10.4 Å². The molecule has 2 aromatic rings. The zero-order chi connectivity index (χ0) is 14.7. The number of aromatic amines is 1. The van der Waals surface area contributed by atoms with Crippen molar-refractivity contribution in [1.29, 1.82) is 0 Å². The highest BCUT2D eigenvalue weighted by Crippen LogP contribution is 2.25. The predicted octanol–water partition coefficient (Wildman–Crippen LogP) is 4.76. The van der Waals surface area contributed by atoms with Gasteiger partial charge in [0, 0.05) is 12.6 Å². The first-order chi connectivity index (χ1) is 9.60. The van der Waals surface area contributed by atoms with Crippen LogP contribution in [0.2, 0.25) is 0 Å². The normalized spacial score (nSPS) is 13.2. The molecule has 0 aliphatic rings. The molecule has 2 heterocycles. The van der Waals surface area contributed by atoms with Crippen LogP contribution >= 0.6 is 12.2 Å². The summed E-state index contributed by atoms with van der Waals surface area (Å²) >= 11 is 5.52. The van der Waals surface area contributed by atoms with Crippen LogP contribution in [-0.4, -0.2) is 19.3 Å². The molecule has 2 aromatic heterocycles. The molecule has 0 radical (unpaired) electrons. The summed E-state index contributed by atoms with van der Waals surface area (Å²) in [6, 6.07) is 0.425. The summed E-state index contributed by atoms with van der Waals surface area (Å²) in [7, 11) is 0. The quantitative estimate of drug-likeness (QED) is 0.591. The fourth-order valence-electron chi connectivity index (χ4n) is 2.85. The summed E-state index contributed by atoms with van der Waals surface area (Å²) in [6.07, 6.45) is 6.36. The van der Waals surface area contributed by atoms with E-state index in [1.54, 1.807) is 0 Å². The average molecular weight is 294 g/mol. The van der Waals surface area contributed by atoms with Gasteiger partial charge in [0.25, 0.3) is 0 Å². The lowest BCUT2D eigenvalue weighted by molar-refractivity contribution is 0.468. The molecule has 0 saturated carbocycles. The lowest BCUT2D eigenvalue weighted by atomic mass is 10.1. The zero-order valence-corrected chi connectivity index (χ0v) is 13.9. The summed E-state index contributed by atoms with van der Waals surface area (Å²) < 4.78 is 5.13. The highest BCUT2D eigenvalue weighted by Gasteiger charge is 2.17. The number of H-pyrrole nitrogens is 1. The molecule has 2 rings (SSSR count). The molecule has 4 nitrogen and oxygen atoms in total.